The summed E-state index contributed by atoms with van der Waals surface area (Å²) >= 11 is 1.67. The van der Waals surface area contributed by atoms with Gasteiger partial charge in [-0.2, -0.15) is 0 Å². The van der Waals surface area contributed by atoms with Crippen LogP contribution in [0.5, 0.6) is 0 Å². The molecule has 1 fully saturated rings. The normalized spacial score (nSPS) is 16.1. The predicted molar refractivity (Wildman–Crippen MR) is 80.6 cm³/mol. The maximum atomic E-state index is 12.2. The van der Waals surface area contributed by atoms with Crippen LogP contribution in [0.4, 0.5) is 0 Å². The standard InChI is InChI=1S/C15H22N2O2S/c1-12-7-9-20-13(12)10-16(2)15(19)11-17-8-5-3-4-6-14(17)18/h7,9H,3-6,8,10-11H2,1-2H3. The number of nitrogens with zero attached hydrogens (tertiary/aromatic N) is 2. The Morgan fingerprint density at radius 1 is 1.40 bits per heavy atom. The van der Waals surface area contributed by atoms with Crippen LogP contribution >= 0.6 is 11.3 Å². The molecule has 0 N–H and O–H groups in total. The Kier molecular flexibility index (Phi) is 5.17. The predicted octanol–water partition coefficient (Wildman–Crippen LogP) is 2.42. The van der Waals surface area contributed by atoms with E-state index < -0.39 is 0 Å². The largest absolute Gasteiger partial charge is 0.339 e. The molecule has 0 aromatic carbocycles. The fourth-order valence-electron chi connectivity index (χ4n) is 2.36. The van der Waals surface area contributed by atoms with E-state index in [1.165, 1.54) is 10.4 Å². The van der Waals surface area contributed by atoms with Gasteiger partial charge in [-0.1, -0.05) is 6.42 Å². The average molecular weight is 294 g/mol. The molecular formula is C15H22N2O2S. The van der Waals surface area contributed by atoms with Gasteiger partial charge in [0.05, 0.1) is 13.1 Å². The van der Waals surface area contributed by atoms with E-state index in [1.807, 2.05) is 12.4 Å². The second-order valence-electron chi connectivity index (χ2n) is 5.40. The highest BCUT2D eigenvalue weighted by Crippen LogP contribution is 2.17. The van der Waals surface area contributed by atoms with Crippen molar-refractivity contribution in [2.24, 2.45) is 0 Å². The van der Waals surface area contributed by atoms with Crippen LogP contribution in [0.25, 0.3) is 0 Å². The molecule has 0 radical (unpaired) electrons. The van der Waals surface area contributed by atoms with E-state index in [1.54, 1.807) is 21.1 Å². The van der Waals surface area contributed by atoms with E-state index in [0.29, 0.717) is 13.0 Å². The first kappa shape index (κ1) is 15.0. The first-order chi connectivity index (χ1) is 9.58. The van der Waals surface area contributed by atoms with Gasteiger partial charge in [-0.25, -0.2) is 0 Å². The van der Waals surface area contributed by atoms with Crippen molar-refractivity contribution in [3.8, 4) is 0 Å². The highest BCUT2D eigenvalue weighted by atomic mass is 32.1. The zero-order valence-corrected chi connectivity index (χ0v) is 13.0. The van der Waals surface area contributed by atoms with E-state index >= 15 is 0 Å². The first-order valence-corrected chi connectivity index (χ1v) is 8.00. The third-order valence-electron chi connectivity index (χ3n) is 3.77. The summed E-state index contributed by atoms with van der Waals surface area (Å²) in [5.74, 6) is 0.143. The minimum absolute atomic E-state index is 0.0213. The molecule has 1 aromatic heterocycles. The molecule has 0 aliphatic carbocycles. The van der Waals surface area contributed by atoms with Crippen LogP contribution in [0, 0.1) is 6.92 Å². The zero-order valence-electron chi connectivity index (χ0n) is 12.2. The molecule has 2 amide bonds. The lowest BCUT2D eigenvalue weighted by molar-refractivity contribution is -0.139. The number of likely N-dealkylation sites (tertiary alicyclic amines) is 1. The monoisotopic (exact) mass is 294 g/mol. The Hall–Kier alpha value is -1.36. The summed E-state index contributed by atoms with van der Waals surface area (Å²) in [6, 6.07) is 2.07. The molecule has 0 spiro atoms. The van der Waals surface area contributed by atoms with E-state index in [9.17, 15) is 9.59 Å². The SMILES string of the molecule is Cc1ccsc1CN(C)C(=O)CN1CCCCCC1=O. The number of hydrogen-bond donors (Lipinski definition) is 0. The van der Waals surface area contributed by atoms with Gasteiger partial charge in [0.25, 0.3) is 0 Å². The smallest absolute Gasteiger partial charge is 0.242 e. The average Bonchev–Trinajstić information content (AvgIpc) is 2.70. The van der Waals surface area contributed by atoms with Gasteiger partial charge in [0.1, 0.15) is 0 Å². The Morgan fingerprint density at radius 3 is 2.90 bits per heavy atom. The minimum Gasteiger partial charge on any atom is -0.339 e. The van der Waals surface area contributed by atoms with Crippen LogP contribution in [-0.2, 0) is 16.1 Å². The van der Waals surface area contributed by atoms with Gasteiger partial charge in [0.2, 0.25) is 11.8 Å². The topological polar surface area (TPSA) is 40.6 Å². The lowest BCUT2D eigenvalue weighted by Crippen LogP contribution is -2.41. The lowest BCUT2D eigenvalue weighted by atomic mass is 10.2. The molecule has 1 saturated heterocycles. The molecule has 0 bridgehead atoms. The number of hydrogen-bond acceptors (Lipinski definition) is 3. The molecule has 1 aromatic rings. The van der Waals surface area contributed by atoms with E-state index in [4.69, 9.17) is 0 Å². The number of amides is 2. The van der Waals surface area contributed by atoms with Gasteiger partial charge >= 0.3 is 0 Å². The summed E-state index contributed by atoms with van der Waals surface area (Å²) in [6.45, 7) is 3.63. The Labute approximate surface area is 124 Å². The van der Waals surface area contributed by atoms with Crippen molar-refractivity contribution in [2.75, 3.05) is 20.1 Å². The number of likely N-dealkylation sites (N-methyl/N-ethyl adjacent to an activating group) is 1. The third kappa shape index (κ3) is 3.82. The molecule has 2 heterocycles. The summed E-state index contributed by atoms with van der Waals surface area (Å²) < 4.78 is 0. The summed E-state index contributed by atoms with van der Waals surface area (Å²) in [6.07, 6.45) is 3.63. The van der Waals surface area contributed by atoms with Crippen molar-refractivity contribution < 1.29 is 9.59 Å². The molecule has 1 aliphatic rings. The molecule has 2 rings (SSSR count). The second-order valence-corrected chi connectivity index (χ2v) is 6.40. The molecule has 110 valence electrons. The van der Waals surface area contributed by atoms with Gasteiger partial charge in [0.15, 0.2) is 0 Å². The van der Waals surface area contributed by atoms with Crippen molar-refractivity contribution in [3.05, 3.63) is 21.9 Å². The van der Waals surface area contributed by atoms with E-state index in [2.05, 4.69) is 13.0 Å². The maximum absolute atomic E-state index is 12.2. The van der Waals surface area contributed by atoms with Crippen LogP contribution < -0.4 is 0 Å². The van der Waals surface area contributed by atoms with E-state index in [0.717, 1.165) is 25.8 Å². The maximum Gasteiger partial charge on any atom is 0.242 e. The molecule has 20 heavy (non-hydrogen) atoms. The molecule has 0 unspecified atom stereocenters. The highest BCUT2D eigenvalue weighted by Gasteiger charge is 2.21. The van der Waals surface area contributed by atoms with Crippen molar-refractivity contribution >= 4 is 23.2 Å². The molecule has 1 aliphatic heterocycles. The van der Waals surface area contributed by atoms with Gasteiger partial charge in [-0.15, -0.1) is 11.3 Å². The first-order valence-electron chi connectivity index (χ1n) is 7.12. The zero-order chi connectivity index (χ0) is 14.5. The number of carbonyl (C=O) groups excluding carboxylic acids is 2. The van der Waals surface area contributed by atoms with Crippen molar-refractivity contribution in [1.82, 2.24) is 9.80 Å². The Bertz CT molecular complexity index is 484. The number of carbonyl (C=O) groups is 2. The quantitative estimate of drug-likeness (QED) is 0.855. The van der Waals surface area contributed by atoms with Gasteiger partial charge in [0, 0.05) is 24.9 Å². The second kappa shape index (κ2) is 6.88. The van der Waals surface area contributed by atoms with Gasteiger partial charge in [-0.05, 0) is 36.8 Å². The fraction of sp³-hybridized carbons (Fsp3) is 0.600. The van der Waals surface area contributed by atoms with Crippen LogP contribution in [0.1, 0.15) is 36.1 Å². The summed E-state index contributed by atoms with van der Waals surface area (Å²) in [4.78, 5) is 28.8. The molecular weight excluding hydrogens is 272 g/mol. The van der Waals surface area contributed by atoms with Crippen LogP contribution in [0.3, 0.4) is 0 Å². The molecule has 0 atom stereocenters. The minimum atomic E-state index is 0.0213. The molecule has 4 nitrogen and oxygen atoms in total. The van der Waals surface area contributed by atoms with Gasteiger partial charge < -0.3 is 9.80 Å². The molecule has 5 heteroatoms. The van der Waals surface area contributed by atoms with Crippen LogP contribution in [0.15, 0.2) is 11.4 Å². The summed E-state index contributed by atoms with van der Waals surface area (Å²) in [7, 11) is 1.81. The van der Waals surface area contributed by atoms with Crippen LogP contribution in [-0.4, -0.2) is 41.8 Å². The lowest BCUT2D eigenvalue weighted by Gasteiger charge is -2.24. The summed E-state index contributed by atoms with van der Waals surface area (Å²) in [5, 5.41) is 2.04. The summed E-state index contributed by atoms with van der Waals surface area (Å²) in [5.41, 5.74) is 1.22. The van der Waals surface area contributed by atoms with Crippen molar-refractivity contribution in [2.45, 2.75) is 39.2 Å². The highest BCUT2D eigenvalue weighted by molar-refractivity contribution is 7.10. The van der Waals surface area contributed by atoms with E-state index in [-0.39, 0.29) is 18.4 Å². The number of aryl methyl sites for hydroxylation is 1. The Morgan fingerprint density at radius 2 is 2.20 bits per heavy atom. The third-order valence-corrected chi connectivity index (χ3v) is 4.78. The Balaban J connectivity index is 1.90. The van der Waals surface area contributed by atoms with Gasteiger partial charge in [-0.3, -0.25) is 9.59 Å². The van der Waals surface area contributed by atoms with Crippen LogP contribution in [0.2, 0.25) is 0 Å². The van der Waals surface area contributed by atoms with Crippen molar-refractivity contribution in [1.29, 1.82) is 0 Å². The van der Waals surface area contributed by atoms with Crippen molar-refractivity contribution in [3.63, 3.8) is 0 Å². The fourth-order valence-corrected chi connectivity index (χ4v) is 3.32. The number of rotatable bonds is 4. The molecule has 0 saturated carbocycles. The number of thiophene rings is 1.